The molecule has 9 heteroatoms. The molecule has 1 aliphatic heterocycles. The number of nitrogens with zero attached hydrogens (tertiary/aromatic N) is 1. The van der Waals surface area contributed by atoms with Gasteiger partial charge < -0.3 is 15.4 Å². The Labute approximate surface area is 174 Å². The van der Waals surface area contributed by atoms with Crippen LogP contribution in [0.5, 0.6) is 11.6 Å². The highest BCUT2D eigenvalue weighted by molar-refractivity contribution is 6.35. The Kier molecular flexibility index (Phi) is 9.47. The SMILES string of the molecule is Cl.Cl.O=C(Nc1ccc(Oc2ncc(Cl)cc2Cl)cc1)C1CCNCC1. The number of amides is 1. The molecule has 26 heavy (non-hydrogen) atoms. The molecule has 3 rings (SSSR count). The van der Waals surface area contributed by atoms with Crippen molar-refractivity contribution >= 4 is 59.6 Å². The molecule has 1 amide bonds. The van der Waals surface area contributed by atoms with Gasteiger partial charge in [0.1, 0.15) is 10.8 Å². The van der Waals surface area contributed by atoms with Crippen LogP contribution < -0.4 is 15.4 Å². The molecule has 1 saturated heterocycles. The summed E-state index contributed by atoms with van der Waals surface area (Å²) in [5.41, 5.74) is 0.737. The normalized spacial score (nSPS) is 13.9. The van der Waals surface area contributed by atoms with E-state index in [1.165, 1.54) is 6.20 Å². The van der Waals surface area contributed by atoms with E-state index in [9.17, 15) is 4.79 Å². The second kappa shape index (κ2) is 10.8. The van der Waals surface area contributed by atoms with Crippen LogP contribution >= 0.6 is 48.0 Å². The fourth-order valence-electron chi connectivity index (χ4n) is 2.52. The quantitative estimate of drug-likeness (QED) is 0.707. The van der Waals surface area contributed by atoms with E-state index in [-0.39, 0.29) is 42.5 Å². The van der Waals surface area contributed by atoms with Gasteiger partial charge in [0.2, 0.25) is 11.8 Å². The second-order valence-electron chi connectivity index (χ2n) is 5.58. The summed E-state index contributed by atoms with van der Waals surface area (Å²) in [7, 11) is 0. The number of aromatic nitrogens is 1. The minimum atomic E-state index is 0. The Morgan fingerprint density at radius 1 is 1.15 bits per heavy atom. The largest absolute Gasteiger partial charge is 0.438 e. The summed E-state index contributed by atoms with van der Waals surface area (Å²) >= 11 is 11.8. The Morgan fingerprint density at radius 3 is 2.42 bits per heavy atom. The zero-order chi connectivity index (χ0) is 16.9. The molecule has 0 bridgehead atoms. The van der Waals surface area contributed by atoms with E-state index in [0.29, 0.717) is 15.8 Å². The zero-order valence-corrected chi connectivity index (χ0v) is 16.9. The molecule has 1 fully saturated rings. The number of piperidine rings is 1. The predicted octanol–water partition coefficient (Wildman–Crippen LogP) is 4.96. The van der Waals surface area contributed by atoms with Gasteiger partial charge in [0.25, 0.3) is 0 Å². The lowest BCUT2D eigenvalue weighted by Crippen LogP contribution is -2.34. The van der Waals surface area contributed by atoms with Crippen molar-refractivity contribution in [2.75, 3.05) is 18.4 Å². The van der Waals surface area contributed by atoms with Crippen molar-refractivity contribution in [3.8, 4) is 11.6 Å². The lowest BCUT2D eigenvalue weighted by Gasteiger charge is -2.21. The maximum absolute atomic E-state index is 12.2. The molecule has 0 unspecified atom stereocenters. The first kappa shape index (κ1) is 22.8. The molecule has 1 aromatic carbocycles. The smallest absolute Gasteiger partial charge is 0.238 e. The third-order valence-electron chi connectivity index (χ3n) is 3.82. The summed E-state index contributed by atoms with van der Waals surface area (Å²) in [5, 5.41) is 6.98. The summed E-state index contributed by atoms with van der Waals surface area (Å²) in [6, 6.07) is 8.66. The highest BCUT2D eigenvalue weighted by atomic mass is 35.5. The van der Waals surface area contributed by atoms with E-state index in [1.54, 1.807) is 30.3 Å². The second-order valence-corrected chi connectivity index (χ2v) is 6.42. The average Bonchev–Trinajstić information content (AvgIpc) is 2.60. The van der Waals surface area contributed by atoms with E-state index in [0.717, 1.165) is 31.6 Å². The van der Waals surface area contributed by atoms with E-state index in [1.807, 2.05) is 0 Å². The minimum absolute atomic E-state index is 0. The fourth-order valence-corrected chi connectivity index (χ4v) is 2.94. The van der Waals surface area contributed by atoms with Gasteiger partial charge in [0.05, 0.1) is 5.02 Å². The number of ether oxygens (including phenoxy) is 1. The lowest BCUT2D eigenvalue weighted by molar-refractivity contribution is -0.120. The molecular weight excluding hydrogens is 420 g/mol. The summed E-state index contributed by atoms with van der Waals surface area (Å²) in [5.74, 6) is 0.992. The average molecular weight is 439 g/mol. The molecule has 1 aromatic heterocycles. The summed E-state index contributed by atoms with van der Waals surface area (Å²) in [4.78, 5) is 16.3. The van der Waals surface area contributed by atoms with Crippen molar-refractivity contribution in [1.82, 2.24) is 10.3 Å². The standard InChI is InChI=1S/C17H17Cl2N3O2.2ClH/c18-12-9-15(19)17(21-10-12)24-14-3-1-13(2-4-14)22-16(23)11-5-7-20-8-6-11;;/h1-4,9-11,20H,5-8H2,(H,22,23);2*1H. The van der Waals surface area contributed by atoms with Crippen LogP contribution in [-0.2, 0) is 4.79 Å². The molecule has 0 aliphatic carbocycles. The van der Waals surface area contributed by atoms with Gasteiger partial charge in [-0.25, -0.2) is 4.98 Å². The summed E-state index contributed by atoms with van der Waals surface area (Å²) in [6.45, 7) is 1.78. The van der Waals surface area contributed by atoms with Crippen LogP contribution in [-0.4, -0.2) is 24.0 Å². The number of carbonyl (C=O) groups is 1. The van der Waals surface area contributed by atoms with Crippen LogP contribution in [0.1, 0.15) is 12.8 Å². The Hall–Kier alpha value is -1.24. The Balaban J connectivity index is 0.00000169. The number of nitrogens with one attached hydrogen (secondary N) is 2. The van der Waals surface area contributed by atoms with Crippen LogP contribution in [0.25, 0.3) is 0 Å². The highest BCUT2D eigenvalue weighted by Crippen LogP contribution is 2.29. The van der Waals surface area contributed by atoms with Crippen molar-refractivity contribution in [2.45, 2.75) is 12.8 Å². The van der Waals surface area contributed by atoms with Crippen molar-refractivity contribution in [2.24, 2.45) is 5.92 Å². The summed E-state index contributed by atoms with van der Waals surface area (Å²) in [6.07, 6.45) is 3.21. The first-order chi connectivity index (χ1) is 11.6. The van der Waals surface area contributed by atoms with Crippen LogP contribution in [0.4, 0.5) is 5.69 Å². The molecule has 0 saturated carbocycles. The van der Waals surface area contributed by atoms with Gasteiger partial charge in [-0.05, 0) is 56.3 Å². The molecule has 5 nitrogen and oxygen atoms in total. The number of pyridine rings is 1. The third kappa shape index (κ3) is 6.18. The van der Waals surface area contributed by atoms with Gasteiger partial charge in [-0.1, -0.05) is 23.2 Å². The number of benzene rings is 1. The topological polar surface area (TPSA) is 63.2 Å². The van der Waals surface area contributed by atoms with Crippen molar-refractivity contribution in [1.29, 1.82) is 0 Å². The highest BCUT2D eigenvalue weighted by Gasteiger charge is 2.20. The summed E-state index contributed by atoms with van der Waals surface area (Å²) < 4.78 is 5.62. The van der Waals surface area contributed by atoms with E-state index < -0.39 is 0 Å². The van der Waals surface area contributed by atoms with E-state index in [2.05, 4.69) is 15.6 Å². The molecule has 0 atom stereocenters. The van der Waals surface area contributed by atoms with E-state index >= 15 is 0 Å². The minimum Gasteiger partial charge on any atom is -0.438 e. The van der Waals surface area contributed by atoms with Crippen molar-refractivity contribution < 1.29 is 9.53 Å². The van der Waals surface area contributed by atoms with Crippen molar-refractivity contribution in [3.05, 3.63) is 46.6 Å². The molecule has 0 radical (unpaired) electrons. The molecule has 1 aliphatic rings. The van der Waals surface area contributed by atoms with Crippen LogP contribution in [0, 0.1) is 5.92 Å². The Morgan fingerprint density at radius 2 is 1.81 bits per heavy atom. The van der Waals surface area contributed by atoms with Crippen LogP contribution in [0.2, 0.25) is 10.0 Å². The fraction of sp³-hybridized carbons (Fsp3) is 0.294. The molecular formula is C17H19Cl4N3O2. The lowest BCUT2D eigenvalue weighted by atomic mass is 9.97. The van der Waals surface area contributed by atoms with Crippen LogP contribution in [0.3, 0.4) is 0 Å². The molecule has 2 aromatic rings. The molecule has 2 N–H and O–H groups in total. The maximum Gasteiger partial charge on any atom is 0.238 e. The van der Waals surface area contributed by atoms with E-state index in [4.69, 9.17) is 27.9 Å². The van der Waals surface area contributed by atoms with Gasteiger partial charge in [-0.2, -0.15) is 0 Å². The number of rotatable bonds is 4. The number of anilines is 1. The van der Waals surface area contributed by atoms with Gasteiger partial charge in [-0.3, -0.25) is 4.79 Å². The van der Waals surface area contributed by atoms with Crippen LogP contribution in [0.15, 0.2) is 36.5 Å². The van der Waals surface area contributed by atoms with Crippen molar-refractivity contribution in [3.63, 3.8) is 0 Å². The third-order valence-corrected chi connectivity index (χ3v) is 4.30. The Bertz CT molecular complexity index is 722. The first-order valence-corrected chi connectivity index (χ1v) is 8.48. The van der Waals surface area contributed by atoms with Gasteiger partial charge in [-0.15, -0.1) is 24.8 Å². The maximum atomic E-state index is 12.2. The monoisotopic (exact) mass is 437 g/mol. The number of halogens is 4. The molecule has 2 heterocycles. The first-order valence-electron chi connectivity index (χ1n) is 7.72. The predicted molar refractivity (Wildman–Crippen MR) is 109 cm³/mol. The van der Waals surface area contributed by atoms with Gasteiger partial charge in [0, 0.05) is 17.8 Å². The number of hydrogen-bond acceptors (Lipinski definition) is 4. The molecule has 142 valence electrons. The van der Waals surface area contributed by atoms with Gasteiger partial charge >= 0.3 is 0 Å². The number of carbonyl (C=O) groups excluding carboxylic acids is 1. The van der Waals surface area contributed by atoms with Gasteiger partial charge in [0.15, 0.2) is 0 Å². The zero-order valence-electron chi connectivity index (χ0n) is 13.7. The molecule has 0 spiro atoms. The number of hydrogen-bond donors (Lipinski definition) is 2.